The van der Waals surface area contributed by atoms with Gasteiger partial charge in [0.2, 0.25) is 0 Å². The monoisotopic (exact) mass is 316 g/mol. The number of hydrogen-bond donors (Lipinski definition) is 1. The Morgan fingerprint density at radius 1 is 1.26 bits per heavy atom. The number of hydrogen-bond acceptors (Lipinski definition) is 7. The van der Waals surface area contributed by atoms with E-state index in [2.05, 4.69) is 10.5 Å². The fraction of sp³-hybridized carbons (Fsp3) is 0.0714. The van der Waals surface area contributed by atoms with Crippen LogP contribution in [0.15, 0.2) is 52.2 Å². The third-order valence-electron chi connectivity index (χ3n) is 2.77. The lowest BCUT2D eigenvalue weighted by Gasteiger charge is -2.02. The predicted molar refractivity (Wildman–Crippen MR) is 84.2 cm³/mol. The summed E-state index contributed by atoms with van der Waals surface area (Å²) in [5.74, 6) is 0.640. The zero-order valence-corrected chi connectivity index (χ0v) is 12.0. The summed E-state index contributed by atoms with van der Waals surface area (Å²) >= 11 is 0. The molecule has 1 aromatic heterocycles. The van der Waals surface area contributed by atoms with E-state index in [-0.39, 0.29) is 11.4 Å². The summed E-state index contributed by atoms with van der Waals surface area (Å²) in [4.78, 5) is 20.3. The summed E-state index contributed by atoms with van der Waals surface area (Å²) in [6.07, 6.45) is 4.87. The van der Waals surface area contributed by atoms with Crippen molar-refractivity contribution in [2.24, 2.45) is 5.10 Å². The second kappa shape index (κ2) is 6.98. The van der Waals surface area contributed by atoms with Crippen molar-refractivity contribution in [2.45, 2.75) is 6.92 Å². The average Bonchev–Trinajstić information content (AvgIpc) is 3.03. The zero-order chi connectivity index (χ0) is 16.8. The van der Waals surface area contributed by atoms with Gasteiger partial charge in [0.05, 0.1) is 27.9 Å². The molecule has 0 amide bonds. The molecule has 2 rings (SSSR count). The molecule has 23 heavy (non-hydrogen) atoms. The van der Waals surface area contributed by atoms with Crippen LogP contribution in [0.25, 0.3) is 6.08 Å². The van der Waals surface area contributed by atoms with Gasteiger partial charge in [-0.3, -0.25) is 25.7 Å². The Kier molecular flexibility index (Phi) is 4.82. The largest absolute Gasteiger partial charge is 0.465 e. The van der Waals surface area contributed by atoms with Crippen LogP contribution >= 0.6 is 0 Å². The van der Waals surface area contributed by atoms with Gasteiger partial charge in [0.1, 0.15) is 11.4 Å². The molecule has 0 bridgehead atoms. The molecule has 0 atom stereocenters. The third-order valence-corrected chi connectivity index (χ3v) is 2.77. The molecule has 0 fully saturated rings. The molecule has 0 aliphatic carbocycles. The molecule has 0 saturated heterocycles. The standard InChI is InChI=1S/C14H12N4O5/c1-10(4-6-12-3-2-8-23-12)15-16-13-7-5-11(17(19)20)9-14(13)18(21)22/h2-9,16H,1H3/b6-4+,15-10+. The van der Waals surface area contributed by atoms with Crippen molar-refractivity contribution in [1.29, 1.82) is 0 Å². The number of nitro benzene ring substituents is 2. The molecule has 0 unspecified atom stereocenters. The van der Waals surface area contributed by atoms with Crippen LogP contribution in [0.4, 0.5) is 17.1 Å². The molecule has 118 valence electrons. The second-order valence-corrected chi connectivity index (χ2v) is 4.43. The van der Waals surface area contributed by atoms with Crippen molar-refractivity contribution in [3.05, 3.63) is 68.7 Å². The second-order valence-electron chi connectivity index (χ2n) is 4.43. The summed E-state index contributed by atoms with van der Waals surface area (Å²) in [5, 5.41) is 25.6. The Balaban J connectivity index is 2.17. The fourth-order valence-electron chi connectivity index (χ4n) is 1.65. The van der Waals surface area contributed by atoms with Gasteiger partial charge in [0.15, 0.2) is 0 Å². The highest BCUT2D eigenvalue weighted by molar-refractivity contribution is 5.96. The first-order chi connectivity index (χ1) is 11.0. The van der Waals surface area contributed by atoms with Gasteiger partial charge < -0.3 is 4.42 Å². The van der Waals surface area contributed by atoms with Crippen LogP contribution in [0.2, 0.25) is 0 Å². The summed E-state index contributed by atoms with van der Waals surface area (Å²) < 4.78 is 5.12. The normalized spacial score (nSPS) is 11.6. The number of nitrogens with one attached hydrogen (secondary N) is 1. The van der Waals surface area contributed by atoms with Gasteiger partial charge in [-0.05, 0) is 37.3 Å². The van der Waals surface area contributed by atoms with Crippen molar-refractivity contribution < 1.29 is 14.3 Å². The van der Waals surface area contributed by atoms with Crippen molar-refractivity contribution in [1.82, 2.24) is 0 Å². The summed E-state index contributed by atoms with van der Waals surface area (Å²) in [5.41, 5.74) is 2.34. The highest BCUT2D eigenvalue weighted by Gasteiger charge is 2.19. The molecular weight excluding hydrogens is 304 g/mol. The maximum Gasteiger partial charge on any atom is 0.301 e. The van der Waals surface area contributed by atoms with Crippen LogP contribution in [0.5, 0.6) is 0 Å². The van der Waals surface area contributed by atoms with Gasteiger partial charge in [0, 0.05) is 6.07 Å². The number of non-ortho nitro benzene ring substituents is 1. The lowest BCUT2D eigenvalue weighted by atomic mass is 10.2. The molecule has 1 N–H and O–H groups in total. The Bertz CT molecular complexity index is 780. The molecule has 0 spiro atoms. The van der Waals surface area contributed by atoms with E-state index in [1.54, 1.807) is 31.2 Å². The topological polar surface area (TPSA) is 124 Å². The molecule has 0 aliphatic heterocycles. The Labute approximate surface area is 130 Å². The van der Waals surface area contributed by atoms with Crippen molar-refractivity contribution in [3.63, 3.8) is 0 Å². The van der Waals surface area contributed by atoms with Gasteiger partial charge in [0.25, 0.3) is 5.69 Å². The van der Waals surface area contributed by atoms with E-state index in [4.69, 9.17) is 4.42 Å². The molecule has 0 radical (unpaired) electrons. The predicted octanol–water partition coefficient (Wildman–Crippen LogP) is 3.60. The van der Waals surface area contributed by atoms with Gasteiger partial charge in [-0.2, -0.15) is 5.10 Å². The first kappa shape index (κ1) is 15.9. The van der Waals surface area contributed by atoms with Crippen molar-refractivity contribution in [2.75, 3.05) is 5.43 Å². The van der Waals surface area contributed by atoms with Gasteiger partial charge >= 0.3 is 5.69 Å². The maximum absolute atomic E-state index is 11.0. The Morgan fingerprint density at radius 3 is 2.65 bits per heavy atom. The minimum atomic E-state index is -0.709. The number of anilines is 1. The number of benzene rings is 1. The van der Waals surface area contributed by atoms with Crippen LogP contribution in [0.1, 0.15) is 12.7 Å². The minimum Gasteiger partial charge on any atom is -0.465 e. The number of furan rings is 1. The van der Waals surface area contributed by atoms with Crippen LogP contribution < -0.4 is 5.43 Å². The summed E-state index contributed by atoms with van der Waals surface area (Å²) in [6, 6.07) is 6.79. The van der Waals surface area contributed by atoms with Crippen LogP contribution in [0.3, 0.4) is 0 Å². The van der Waals surface area contributed by atoms with E-state index in [1.165, 1.54) is 18.4 Å². The lowest BCUT2D eigenvalue weighted by molar-refractivity contribution is -0.393. The molecule has 9 heteroatoms. The number of nitro groups is 2. The van der Waals surface area contributed by atoms with Gasteiger partial charge in [-0.15, -0.1) is 0 Å². The highest BCUT2D eigenvalue weighted by Crippen LogP contribution is 2.28. The lowest BCUT2D eigenvalue weighted by Crippen LogP contribution is -2.00. The van der Waals surface area contributed by atoms with E-state index in [1.807, 2.05) is 0 Å². The minimum absolute atomic E-state index is 0.0614. The quantitative estimate of drug-likeness (QED) is 0.493. The van der Waals surface area contributed by atoms with E-state index < -0.39 is 15.5 Å². The summed E-state index contributed by atoms with van der Waals surface area (Å²) in [7, 11) is 0. The third kappa shape index (κ3) is 4.24. The first-order valence-electron chi connectivity index (χ1n) is 6.42. The molecule has 1 aromatic carbocycles. The SMILES string of the molecule is CC(/C=C/c1ccco1)=N\Nc1ccc([N+](=O)[O-])cc1[N+](=O)[O-]. The smallest absolute Gasteiger partial charge is 0.301 e. The molecule has 0 aliphatic rings. The Morgan fingerprint density at radius 2 is 2.04 bits per heavy atom. The van der Waals surface area contributed by atoms with Crippen LogP contribution in [-0.2, 0) is 0 Å². The highest BCUT2D eigenvalue weighted by atomic mass is 16.6. The molecular formula is C14H12N4O5. The number of allylic oxidation sites excluding steroid dienone is 1. The van der Waals surface area contributed by atoms with E-state index in [0.29, 0.717) is 11.5 Å². The van der Waals surface area contributed by atoms with Crippen molar-refractivity contribution >= 4 is 28.8 Å². The van der Waals surface area contributed by atoms with Gasteiger partial charge in [-0.25, -0.2) is 0 Å². The fourth-order valence-corrected chi connectivity index (χ4v) is 1.65. The Hall–Kier alpha value is -3.49. The van der Waals surface area contributed by atoms with E-state index in [9.17, 15) is 20.2 Å². The average molecular weight is 316 g/mol. The van der Waals surface area contributed by atoms with Gasteiger partial charge in [-0.1, -0.05) is 0 Å². The number of hydrazone groups is 1. The number of rotatable bonds is 6. The number of nitrogens with zero attached hydrogens (tertiary/aromatic N) is 3. The molecule has 9 nitrogen and oxygen atoms in total. The zero-order valence-electron chi connectivity index (χ0n) is 12.0. The van der Waals surface area contributed by atoms with Crippen LogP contribution in [0, 0.1) is 20.2 Å². The van der Waals surface area contributed by atoms with E-state index in [0.717, 1.165) is 6.07 Å². The maximum atomic E-state index is 11.0. The van der Waals surface area contributed by atoms with Crippen molar-refractivity contribution in [3.8, 4) is 0 Å². The van der Waals surface area contributed by atoms with Crippen LogP contribution in [-0.4, -0.2) is 15.6 Å². The molecule has 0 saturated carbocycles. The van der Waals surface area contributed by atoms with E-state index >= 15 is 0 Å². The first-order valence-corrected chi connectivity index (χ1v) is 6.42. The molecule has 2 aromatic rings. The summed E-state index contributed by atoms with van der Waals surface area (Å²) in [6.45, 7) is 1.68. The molecule has 1 heterocycles.